The Bertz CT molecular complexity index is 1510. The average molecular weight is 660 g/mol. The number of carbonyl (C=O) groups excluding carboxylic acids is 2. The van der Waals surface area contributed by atoms with Crippen molar-refractivity contribution in [2.45, 2.75) is 39.8 Å². The number of aryl methyl sites for hydroxylation is 1. The SMILES string of the molecule is Cc1ccc([N+](=O)[O-])cc1N(CC(=O)N(Cc1ccc(Br)cc1)C(Cc1ccccc1)C(=O)NCC(C)C)S(C)(=O)=O. The fraction of sp³-hybridized carbons (Fsp3) is 0.333. The first-order valence-corrected chi connectivity index (χ1v) is 16.0. The molecule has 1 atom stereocenters. The molecule has 0 aromatic heterocycles. The fourth-order valence-electron chi connectivity index (χ4n) is 4.34. The highest BCUT2D eigenvalue weighted by atomic mass is 79.9. The molecule has 0 aliphatic rings. The first-order valence-electron chi connectivity index (χ1n) is 13.3. The molecular weight excluding hydrogens is 624 g/mol. The van der Waals surface area contributed by atoms with Crippen LogP contribution >= 0.6 is 15.9 Å². The van der Waals surface area contributed by atoms with Crippen molar-refractivity contribution >= 4 is 49.1 Å². The van der Waals surface area contributed by atoms with E-state index in [0.717, 1.165) is 32.2 Å². The normalized spacial score (nSPS) is 12.0. The molecule has 0 radical (unpaired) electrons. The second kappa shape index (κ2) is 14.4. The molecule has 0 aliphatic heterocycles. The number of nitro groups is 1. The molecule has 42 heavy (non-hydrogen) atoms. The van der Waals surface area contributed by atoms with Gasteiger partial charge in [0.1, 0.15) is 12.6 Å². The van der Waals surface area contributed by atoms with Gasteiger partial charge in [-0.25, -0.2) is 8.42 Å². The van der Waals surface area contributed by atoms with Gasteiger partial charge in [0.25, 0.3) is 5.69 Å². The number of anilines is 1. The molecular formula is C30H35BrN4O6S. The number of hydrogen-bond acceptors (Lipinski definition) is 6. The lowest BCUT2D eigenvalue weighted by molar-refractivity contribution is -0.384. The Morgan fingerprint density at radius 2 is 1.64 bits per heavy atom. The van der Waals surface area contributed by atoms with Crippen LogP contribution in [-0.4, -0.2) is 55.4 Å². The van der Waals surface area contributed by atoms with E-state index in [9.17, 15) is 28.1 Å². The van der Waals surface area contributed by atoms with E-state index in [4.69, 9.17) is 0 Å². The molecule has 12 heteroatoms. The molecule has 1 unspecified atom stereocenters. The third-order valence-corrected chi connectivity index (χ3v) is 8.23. The maximum absolute atomic E-state index is 14.1. The third kappa shape index (κ3) is 9.12. The van der Waals surface area contributed by atoms with Crippen molar-refractivity contribution in [1.82, 2.24) is 10.2 Å². The number of non-ortho nitro benzene ring substituents is 1. The second-order valence-corrected chi connectivity index (χ2v) is 13.3. The van der Waals surface area contributed by atoms with E-state index < -0.39 is 33.4 Å². The highest BCUT2D eigenvalue weighted by Crippen LogP contribution is 2.28. The number of amides is 2. The molecule has 10 nitrogen and oxygen atoms in total. The number of rotatable bonds is 13. The molecule has 1 N–H and O–H groups in total. The van der Waals surface area contributed by atoms with Crippen LogP contribution in [0.1, 0.15) is 30.5 Å². The van der Waals surface area contributed by atoms with Crippen molar-refractivity contribution < 1.29 is 22.9 Å². The van der Waals surface area contributed by atoms with E-state index in [-0.39, 0.29) is 36.2 Å². The van der Waals surface area contributed by atoms with Crippen molar-refractivity contribution in [2.24, 2.45) is 5.92 Å². The lowest BCUT2D eigenvalue weighted by atomic mass is 10.0. The molecule has 0 saturated carbocycles. The number of benzene rings is 3. The van der Waals surface area contributed by atoms with Crippen LogP contribution in [0.5, 0.6) is 0 Å². The number of nitro benzene ring substituents is 1. The Kier molecular flexibility index (Phi) is 11.2. The summed E-state index contributed by atoms with van der Waals surface area (Å²) in [7, 11) is -4.06. The monoisotopic (exact) mass is 658 g/mol. The minimum Gasteiger partial charge on any atom is -0.354 e. The van der Waals surface area contributed by atoms with Crippen LogP contribution in [-0.2, 0) is 32.6 Å². The van der Waals surface area contributed by atoms with Crippen molar-refractivity contribution in [3.63, 3.8) is 0 Å². The number of nitrogens with one attached hydrogen (secondary N) is 1. The molecule has 224 valence electrons. The second-order valence-electron chi connectivity index (χ2n) is 10.5. The Hall–Kier alpha value is -3.77. The first-order chi connectivity index (χ1) is 19.8. The summed E-state index contributed by atoms with van der Waals surface area (Å²) < 4.78 is 27.7. The predicted octanol–water partition coefficient (Wildman–Crippen LogP) is 4.84. The molecule has 3 rings (SSSR count). The molecule has 0 spiro atoms. The smallest absolute Gasteiger partial charge is 0.271 e. The predicted molar refractivity (Wildman–Crippen MR) is 166 cm³/mol. The number of nitrogens with zero attached hydrogens (tertiary/aromatic N) is 3. The van der Waals surface area contributed by atoms with E-state index >= 15 is 0 Å². The van der Waals surface area contributed by atoms with Gasteiger partial charge >= 0.3 is 0 Å². The van der Waals surface area contributed by atoms with Crippen molar-refractivity contribution in [2.75, 3.05) is 23.7 Å². The average Bonchev–Trinajstić information content (AvgIpc) is 2.93. The van der Waals surface area contributed by atoms with Gasteiger partial charge in [0.05, 0.1) is 16.9 Å². The molecule has 0 saturated heterocycles. The minimum absolute atomic E-state index is 0.0208. The van der Waals surface area contributed by atoms with Gasteiger partial charge in [-0.05, 0) is 41.7 Å². The molecule has 2 amide bonds. The summed E-state index contributed by atoms with van der Waals surface area (Å²) in [4.78, 5) is 40.0. The quantitative estimate of drug-likeness (QED) is 0.207. The molecule has 0 fully saturated rings. The Labute approximate surface area is 255 Å². The lowest BCUT2D eigenvalue weighted by Crippen LogP contribution is -2.53. The number of halogens is 1. The third-order valence-electron chi connectivity index (χ3n) is 6.57. The topological polar surface area (TPSA) is 130 Å². The van der Waals surface area contributed by atoms with Crippen molar-refractivity contribution in [1.29, 1.82) is 0 Å². The van der Waals surface area contributed by atoms with E-state index in [0.29, 0.717) is 12.1 Å². The summed E-state index contributed by atoms with van der Waals surface area (Å²) in [5.74, 6) is -0.829. The van der Waals surface area contributed by atoms with Crippen LogP contribution in [0.15, 0.2) is 77.3 Å². The van der Waals surface area contributed by atoms with Crippen LogP contribution in [0.3, 0.4) is 0 Å². The summed E-state index contributed by atoms with van der Waals surface area (Å²) in [6.07, 6.45) is 1.14. The first kappa shape index (κ1) is 32.7. The zero-order chi connectivity index (χ0) is 31.0. The Morgan fingerprint density at radius 1 is 1.00 bits per heavy atom. The maximum Gasteiger partial charge on any atom is 0.271 e. The molecule has 0 heterocycles. The van der Waals surface area contributed by atoms with E-state index in [2.05, 4.69) is 21.2 Å². The minimum atomic E-state index is -4.06. The number of hydrogen-bond donors (Lipinski definition) is 1. The van der Waals surface area contributed by atoms with E-state index in [1.165, 1.54) is 17.0 Å². The van der Waals surface area contributed by atoms with Gasteiger partial charge in [-0.15, -0.1) is 0 Å². The molecule has 0 bridgehead atoms. The molecule has 3 aromatic carbocycles. The van der Waals surface area contributed by atoms with E-state index in [1.54, 1.807) is 6.92 Å². The maximum atomic E-state index is 14.1. The number of sulfonamides is 1. The summed E-state index contributed by atoms with van der Waals surface area (Å²) >= 11 is 3.41. The summed E-state index contributed by atoms with van der Waals surface area (Å²) in [5, 5.41) is 14.4. The van der Waals surface area contributed by atoms with Gasteiger partial charge in [0.2, 0.25) is 21.8 Å². The van der Waals surface area contributed by atoms with Crippen LogP contribution in [0, 0.1) is 23.0 Å². The highest BCUT2D eigenvalue weighted by molar-refractivity contribution is 9.10. The molecule has 0 aliphatic carbocycles. The van der Waals surface area contributed by atoms with Crippen molar-refractivity contribution in [3.8, 4) is 0 Å². The van der Waals surface area contributed by atoms with Gasteiger partial charge in [-0.2, -0.15) is 0 Å². The Morgan fingerprint density at radius 3 is 2.21 bits per heavy atom. The van der Waals surface area contributed by atoms with E-state index in [1.807, 2.05) is 68.4 Å². The van der Waals surface area contributed by atoms with Gasteiger partial charge < -0.3 is 10.2 Å². The largest absolute Gasteiger partial charge is 0.354 e. The van der Waals surface area contributed by atoms with Crippen LogP contribution in [0.4, 0.5) is 11.4 Å². The standard InChI is InChI=1S/C30H35BrN4O6S/c1-21(2)18-32-30(37)28(16-23-8-6-5-7-9-23)33(19-24-11-13-25(31)14-12-24)29(36)20-34(42(4,40)41)27-17-26(35(38)39)15-10-22(27)3/h5-15,17,21,28H,16,18-20H2,1-4H3,(H,32,37). The summed E-state index contributed by atoms with van der Waals surface area (Å²) in [6, 6.07) is 19.4. The van der Waals surface area contributed by atoms with Gasteiger partial charge in [0, 0.05) is 36.1 Å². The molecule has 3 aromatic rings. The van der Waals surface area contributed by atoms with Crippen LogP contribution in [0.2, 0.25) is 0 Å². The summed E-state index contributed by atoms with van der Waals surface area (Å²) in [5.41, 5.74) is 1.71. The van der Waals surface area contributed by atoms with Crippen LogP contribution < -0.4 is 9.62 Å². The summed E-state index contributed by atoms with van der Waals surface area (Å²) in [6.45, 7) is 5.31. The highest BCUT2D eigenvalue weighted by Gasteiger charge is 2.33. The number of carbonyl (C=O) groups is 2. The zero-order valence-electron chi connectivity index (χ0n) is 24.0. The van der Waals surface area contributed by atoms with Gasteiger partial charge in [0.15, 0.2) is 0 Å². The van der Waals surface area contributed by atoms with Gasteiger partial charge in [-0.3, -0.25) is 24.0 Å². The fourth-order valence-corrected chi connectivity index (χ4v) is 5.50. The van der Waals surface area contributed by atoms with Gasteiger partial charge in [-0.1, -0.05) is 78.3 Å². The Balaban J connectivity index is 2.09. The lowest BCUT2D eigenvalue weighted by Gasteiger charge is -2.34. The zero-order valence-corrected chi connectivity index (χ0v) is 26.4. The van der Waals surface area contributed by atoms with Crippen LogP contribution in [0.25, 0.3) is 0 Å². The van der Waals surface area contributed by atoms with Crippen molar-refractivity contribution in [3.05, 3.63) is 104 Å².